The van der Waals surface area contributed by atoms with E-state index in [9.17, 15) is 0 Å². The van der Waals surface area contributed by atoms with Crippen LogP contribution in [-0.4, -0.2) is 39.6 Å². The van der Waals surface area contributed by atoms with Crippen molar-refractivity contribution >= 4 is 10.5 Å². The first-order valence-corrected chi connectivity index (χ1v) is 7.04. The minimum absolute atomic E-state index is 0.240. The van der Waals surface area contributed by atoms with Gasteiger partial charge in [-0.25, -0.2) is 0 Å². The second-order valence-electron chi connectivity index (χ2n) is 4.96. The van der Waals surface area contributed by atoms with Crippen molar-refractivity contribution in [2.24, 2.45) is 0 Å². The predicted molar refractivity (Wildman–Crippen MR) is 71.3 cm³/mol. The summed E-state index contributed by atoms with van der Waals surface area (Å²) >= 11 is 0. The summed E-state index contributed by atoms with van der Waals surface area (Å²) in [6.07, 6.45) is 2.34. The fraction of sp³-hybridized carbons (Fsp3) is 1.00. The minimum Gasteiger partial charge on any atom is -0.426 e. The maximum absolute atomic E-state index is 5.57. The van der Waals surface area contributed by atoms with Crippen LogP contribution in [0.15, 0.2) is 0 Å². The van der Waals surface area contributed by atoms with Gasteiger partial charge in [0.05, 0.1) is 6.61 Å². The summed E-state index contributed by atoms with van der Waals surface area (Å²) < 4.78 is 5.57. The molecule has 0 unspecified atom stereocenters. The van der Waals surface area contributed by atoms with E-state index >= 15 is 0 Å². The lowest BCUT2D eigenvalue weighted by molar-refractivity contribution is -0.0126. The van der Waals surface area contributed by atoms with Crippen molar-refractivity contribution in [3.8, 4) is 0 Å². The number of rotatable bonds is 7. The Morgan fingerprint density at radius 3 is 1.67 bits per heavy atom. The van der Waals surface area contributed by atoms with Gasteiger partial charge in [-0.3, -0.25) is 4.90 Å². The number of nitrogens with zero attached hydrogens (tertiary/aromatic N) is 1. The highest BCUT2D eigenvalue weighted by molar-refractivity contribution is 5.98. The quantitative estimate of drug-likeness (QED) is 0.621. The van der Waals surface area contributed by atoms with Gasteiger partial charge in [0.25, 0.3) is 0 Å². The van der Waals surface area contributed by atoms with Crippen molar-refractivity contribution in [1.29, 1.82) is 0 Å². The lowest BCUT2D eigenvalue weighted by Gasteiger charge is -2.48. The Kier molecular flexibility index (Phi) is 6.72. The number of hydrogen-bond acceptors (Lipinski definition) is 2. The van der Waals surface area contributed by atoms with E-state index in [0.29, 0.717) is 12.1 Å². The highest BCUT2D eigenvalue weighted by atomic mass is 28.2. The van der Waals surface area contributed by atoms with Gasteiger partial charge in [-0.1, -0.05) is 13.8 Å². The van der Waals surface area contributed by atoms with Crippen LogP contribution in [0.2, 0.25) is 0 Å². The monoisotopic (exact) mass is 231 g/mol. The molecule has 0 aromatic carbocycles. The summed E-state index contributed by atoms with van der Waals surface area (Å²) in [6, 6.07) is 1.17. The topological polar surface area (TPSA) is 12.5 Å². The molecule has 3 heteroatoms. The molecule has 0 saturated carbocycles. The Hall–Kier alpha value is 0.137. The molecule has 0 atom stereocenters. The smallest absolute Gasteiger partial charge is 0.146 e. The molecule has 0 amide bonds. The van der Waals surface area contributed by atoms with Gasteiger partial charge in [0.1, 0.15) is 10.5 Å². The molecule has 0 aromatic rings. The van der Waals surface area contributed by atoms with Crippen LogP contribution in [0.3, 0.4) is 0 Å². The standard InChI is InChI=1S/C12H29NOSi/c1-7-12(8-2,9-14-15)13(10(3)4)11(5)6/h10-11H,7-9H2,1-6,15H3. The number of hydrogen-bond donors (Lipinski definition) is 0. The van der Waals surface area contributed by atoms with E-state index in [0.717, 1.165) is 17.1 Å². The fourth-order valence-corrected chi connectivity index (χ4v) is 3.39. The SMILES string of the molecule is CCC(CC)(CO[SiH3])N(C(C)C)C(C)C. The van der Waals surface area contributed by atoms with Crippen molar-refractivity contribution in [2.45, 2.75) is 72.0 Å². The molecule has 2 nitrogen and oxygen atoms in total. The molecule has 0 N–H and O–H groups in total. The van der Waals surface area contributed by atoms with Gasteiger partial charge in [0, 0.05) is 17.6 Å². The molecule has 0 aliphatic carbocycles. The lowest BCUT2D eigenvalue weighted by Crippen LogP contribution is -2.57. The Morgan fingerprint density at radius 2 is 1.47 bits per heavy atom. The van der Waals surface area contributed by atoms with Gasteiger partial charge in [0.2, 0.25) is 0 Å². The van der Waals surface area contributed by atoms with E-state index in [1.807, 2.05) is 0 Å². The van der Waals surface area contributed by atoms with Crippen LogP contribution in [0.25, 0.3) is 0 Å². The summed E-state index contributed by atoms with van der Waals surface area (Å²) in [5, 5.41) is 0. The average molecular weight is 231 g/mol. The first-order valence-electron chi connectivity index (χ1n) is 6.22. The zero-order valence-corrected chi connectivity index (χ0v) is 13.6. The molecule has 0 spiro atoms. The summed E-state index contributed by atoms with van der Waals surface area (Å²) in [5.41, 5.74) is 0.240. The second-order valence-corrected chi connectivity index (χ2v) is 5.54. The molecule has 0 rings (SSSR count). The van der Waals surface area contributed by atoms with Crippen molar-refractivity contribution < 1.29 is 4.43 Å². The molecule has 0 aliphatic rings. The van der Waals surface area contributed by atoms with Gasteiger partial charge in [-0.05, 0) is 40.5 Å². The van der Waals surface area contributed by atoms with Gasteiger partial charge < -0.3 is 4.43 Å². The third-order valence-electron chi connectivity index (χ3n) is 3.39. The van der Waals surface area contributed by atoms with E-state index in [-0.39, 0.29) is 5.54 Å². The maximum atomic E-state index is 5.57. The van der Waals surface area contributed by atoms with Crippen LogP contribution in [-0.2, 0) is 4.43 Å². The molecule has 0 fully saturated rings. The fourth-order valence-electron chi connectivity index (χ4n) is 2.85. The summed E-state index contributed by atoms with van der Waals surface area (Å²) in [4.78, 5) is 2.62. The van der Waals surface area contributed by atoms with Gasteiger partial charge in [0.15, 0.2) is 0 Å². The highest BCUT2D eigenvalue weighted by Gasteiger charge is 2.36. The molecule has 0 bridgehead atoms. The van der Waals surface area contributed by atoms with Crippen molar-refractivity contribution in [1.82, 2.24) is 4.90 Å². The van der Waals surface area contributed by atoms with E-state index in [1.165, 1.54) is 12.8 Å². The van der Waals surface area contributed by atoms with Crippen LogP contribution < -0.4 is 0 Å². The molecule has 0 radical (unpaired) electrons. The second kappa shape index (κ2) is 6.66. The molecule has 0 heterocycles. The molecule has 0 saturated heterocycles. The molecule has 0 aromatic heterocycles. The predicted octanol–water partition coefficient (Wildman–Crippen LogP) is 1.96. The van der Waals surface area contributed by atoms with Crippen LogP contribution in [0.4, 0.5) is 0 Å². The lowest BCUT2D eigenvalue weighted by atomic mass is 9.89. The van der Waals surface area contributed by atoms with Crippen molar-refractivity contribution in [3.63, 3.8) is 0 Å². The van der Waals surface area contributed by atoms with Crippen molar-refractivity contribution in [2.75, 3.05) is 6.61 Å². The van der Waals surface area contributed by atoms with Crippen LogP contribution in [0.5, 0.6) is 0 Å². The van der Waals surface area contributed by atoms with Crippen LogP contribution in [0.1, 0.15) is 54.4 Å². The normalized spacial score (nSPS) is 13.4. The summed E-state index contributed by atoms with van der Waals surface area (Å²) in [6.45, 7) is 14.6. The molecule has 15 heavy (non-hydrogen) atoms. The zero-order valence-electron chi connectivity index (χ0n) is 11.6. The summed E-state index contributed by atoms with van der Waals surface area (Å²) in [5.74, 6) is 0. The van der Waals surface area contributed by atoms with E-state index < -0.39 is 0 Å². The largest absolute Gasteiger partial charge is 0.426 e. The molecule has 92 valence electrons. The van der Waals surface area contributed by atoms with Crippen LogP contribution >= 0.6 is 0 Å². The molecular formula is C12H29NOSi. The van der Waals surface area contributed by atoms with Gasteiger partial charge in [-0.15, -0.1) is 0 Å². The average Bonchev–Trinajstić information content (AvgIpc) is 2.15. The third-order valence-corrected chi connectivity index (χ3v) is 3.68. The highest BCUT2D eigenvalue weighted by Crippen LogP contribution is 2.28. The van der Waals surface area contributed by atoms with E-state index in [1.54, 1.807) is 0 Å². The Bertz CT molecular complexity index is 159. The molecule has 0 aliphatic heterocycles. The zero-order chi connectivity index (χ0) is 12.1. The van der Waals surface area contributed by atoms with Gasteiger partial charge in [-0.2, -0.15) is 0 Å². The van der Waals surface area contributed by atoms with E-state index in [2.05, 4.69) is 46.4 Å². The van der Waals surface area contributed by atoms with Gasteiger partial charge >= 0.3 is 0 Å². The minimum atomic E-state index is 0.240. The third kappa shape index (κ3) is 3.57. The van der Waals surface area contributed by atoms with E-state index in [4.69, 9.17) is 4.43 Å². The maximum Gasteiger partial charge on any atom is 0.146 e. The Morgan fingerprint density at radius 1 is 1.07 bits per heavy atom. The first kappa shape index (κ1) is 15.1. The summed E-state index contributed by atoms with van der Waals surface area (Å²) in [7, 11) is 0.840. The Balaban J connectivity index is 4.97. The Labute approximate surface area is 98.9 Å². The van der Waals surface area contributed by atoms with Crippen LogP contribution in [0, 0.1) is 0 Å². The first-order chi connectivity index (χ1) is 6.95. The van der Waals surface area contributed by atoms with Crippen molar-refractivity contribution in [3.05, 3.63) is 0 Å². The molecular weight excluding hydrogens is 202 g/mol.